The summed E-state index contributed by atoms with van der Waals surface area (Å²) in [7, 11) is 1.64. The highest BCUT2D eigenvalue weighted by atomic mass is 19.1. The van der Waals surface area contributed by atoms with Crippen LogP contribution in [0.2, 0.25) is 0 Å². The maximum absolute atomic E-state index is 13.5. The summed E-state index contributed by atoms with van der Waals surface area (Å²) in [5.41, 5.74) is 5.36. The first-order chi connectivity index (χ1) is 8.56. The molecule has 0 heterocycles. The van der Waals surface area contributed by atoms with E-state index in [1.54, 1.807) is 7.05 Å². The molecule has 0 fully saturated rings. The van der Waals surface area contributed by atoms with Crippen molar-refractivity contribution in [3.05, 3.63) is 29.6 Å². The first-order valence-electron chi connectivity index (χ1n) is 6.00. The first kappa shape index (κ1) is 14.4. The Morgan fingerprint density at radius 1 is 1.39 bits per heavy atom. The maximum atomic E-state index is 13.5. The molecule has 5 heteroatoms. The predicted molar refractivity (Wildman–Crippen MR) is 67.9 cm³/mol. The Hall–Kier alpha value is -1.62. The van der Waals surface area contributed by atoms with Gasteiger partial charge in [-0.15, -0.1) is 0 Å². The van der Waals surface area contributed by atoms with Gasteiger partial charge in [-0.25, -0.2) is 4.39 Å². The van der Waals surface area contributed by atoms with Crippen molar-refractivity contribution in [1.29, 1.82) is 0 Å². The Labute approximate surface area is 106 Å². The number of hydrogen-bond donors (Lipinski definition) is 2. The number of halogens is 1. The molecule has 1 rings (SSSR count). The van der Waals surface area contributed by atoms with Crippen LogP contribution in [0.15, 0.2) is 18.2 Å². The van der Waals surface area contributed by atoms with E-state index in [2.05, 4.69) is 0 Å². The topological polar surface area (TPSA) is 66.6 Å². The third-order valence-corrected chi connectivity index (χ3v) is 2.73. The number of phenols is 1. The second kappa shape index (κ2) is 6.96. The molecule has 3 N–H and O–H groups in total. The van der Waals surface area contributed by atoms with Crippen LogP contribution in [0.5, 0.6) is 5.75 Å². The molecule has 0 saturated heterocycles. The molecule has 0 aliphatic heterocycles. The molecule has 0 radical (unpaired) electrons. The van der Waals surface area contributed by atoms with Crippen LogP contribution in [-0.4, -0.2) is 36.1 Å². The number of nitrogens with two attached hydrogens (primary N) is 1. The van der Waals surface area contributed by atoms with Crippen molar-refractivity contribution in [3.63, 3.8) is 0 Å². The van der Waals surface area contributed by atoms with Gasteiger partial charge in [-0.05, 0) is 31.5 Å². The van der Waals surface area contributed by atoms with Crippen LogP contribution in [0, 0.1) is 5.82 Å². The Bertz CT molecular complexity index is 410. The first-order valence-corrected chi connectivity index (χ1v) is 6.00. The highest BCUT2D eigenvalue weighted by Gasteiger charge is 2.15. The zero-order valence-corrected chi connectivity index (χ0v) is 10.5. The Morgan fingerprint density at radius 2 is 2.11 bits per heavy atom. The molecule has 1 aromatic carbocycles. The minimum absolute atomic E-state index is 0.0193. The maximum Gasteiger partial charge on any atom is 0.256 e. The zero-order valence-electron chi connectivity index (χ0n) is 10.5. The molecule has 0 atom stereocenters. The van der Waals surface area contributed by atoms with E-state index in [9.17, 15) is 9.18 Å². The smallest absolute Gasteiger partial charge is 0.256 e. The molecule has 0 spiro atoms. The standard InChI is InChI=1S/C13H19FN2O2/c1-16(8-4-2-3-7-15)13(18)11-6-5-10(17)9-12(11)14/h5-6,9,17H,2-4,7-8,15H2,1H3. The average molecular weight is 254 g/mol. The summed E-state index contributed by atoms with van der Waals surface area (Å²) in [6, 6.07) is 3.54. The van der Waals surface area contributed by atoms with Crippen LogP contribution in [0.1, 0.15) is 29.6 Å². The van der Waals surface area contributed by atoms with Gasteiger partial charge in [0, 0.05) is 19.7 Å². The normalized spacial score (nSPS) is 10.4. The lowest BCUT2D eigenvalue weighted by Gasteiger charge is -2.17. The largest absolute Gasteiger partial charge is 0.508 e. The highest BCUT2D eigenvalue weighted by molar-refractivity contribution is 5.94. The van der Waals surface area contributed by atoms with Crippen LogP contribution >= 0.6 is 0 Å². The number of benzene rings is 1. The molecule has 0 bridgehead atoms. The summed E-state index contributed by atoms with van der Waals surface area (Å²) in [6.45, 7) is 1.21. The van der Waals surface area contributed by atoms with Crippen LogP contribution in [0.4, 0.5) is 4.39 Å². The van der Waals surface area contributed by atoms with E-state index in [0.717, 1.165) is 25.3 Å². The second-order valence-corrected chi connectivity index (χ2v) is 4.24. The zero-order chi connectivity index (χ0) is 13.5. The van der Waals surface area contributed by atoms with Gasteiger partial charge in [-0.2, -0.15) is 0 Å². The summed E-state index contributed by atoms with van der Waals surface area (Å²) in [5, 5.41) is 9.08. The number of amides is 1. The second-order valence-electron chi connectivity index (χ2n) is 4.24. The van der Waals surface area contributed by atoms with Crippen molar-refractivity contribution in [1.82, 2.24) is 4.90 Å². The predicted octanol–water partition coefficient (Wildman–Crippen LogP) is 1.73. The van der Waals surface area contributed by atoms with Gasteiger partial charge < -0.3 is 15.7 Å². The number of carbonyl (C=O) groups is 1. The number of rotatable bonds is 6. The molecule has 18 heavy (non-hydrogen) atoms. The molecule has 1 amide bonds. The van der Waals surface area contributed by atoms with E-state index in [-0.39, 0.29) is 17.2 Å². The van der Waals surface area contributed by atoms with Gasteiger partial charge in [-0.1, -0.05) is 6.42 Å². The van der Waals surface area contributed by atoms with Crippen molar-refractivity contribution >= 4 is 5.91 Å². The van der Waals surface area contributed by atoms with Crippen LogP contribution < -0.4 is 5.73 Å². The number of hydrogen-bond acceptors (Lipinski definition) is 3. The van der Waals surface area contributed by atoms with Gasteiger partial charge in [0.05, 0.1) is 5.56 Å². The third kappa shape index (κ3) is 4.00. The monoisotopic (exact) mass is 254 g/mol. The number of phenolic OH excluding ortho intramolecular Hbond substituents is 1. The lowest BCUT2D eigenvalue weighted by Crippen LogP contribution is -2.28. The van der Waals surface area contributed by atoms with Crippen molar-refractivity contribution in [2.45, 2.75) is 19.3 Å². The lowest BCUT2D eigenvalue weighted by atomic mass is 10.1. The molecular formula is C13H19FN2O2. The van der Waals surface area contributed by atoms with Crippen molar-refractivity contribution in [2.75, 3.05) is 20.1 Å². The number of aromatic hydroxyl groups is 1. The fourth-order valence-electron chi connectivity index (χ4n) is 1.65. The summed E-state index contributed by atoms with van der Waals surface area (Å²) in [5.74, 6) is -1.26. The van der Waals surface area contributed by atoms with Crippen molar-refractivity contribution in [2.24, 2.45) is 5.73 Å². The van der Waals surface area contributed by atoms with Crippen molar-refractivity contribution < 1.29 is 14.3 Å². The Kier molecular flexibility index (Phi) is 5.58. The molecule has 4 nitrogen and oxygen atoms in total. The Morgan fingerprint density at radius 3 is 2.72 bits per heavy atom. The molecule has 0 saturated carbocycles. The molecule has 100 valence electrons. The number of carbonyl (C=O) groups excluding carboxylic acids is 1. The Balaban J connectivity index is 2.57. The van der Waals surface area contributed by atoms with E-state index in [0.29, 0.717) is 13.1 Å². The molecule has 1 aromatic rings. The van der Waals surface area contributed by atoms with Crippen LogP contribution in [-0.2, 0) is 0 Å². The lowest BCUT2D eigenvalue weighted by molar-refractivity contribution is 0.0788. The fraction of sp³-hybridized carbons (Fsp3) is 0.462. The quantitative estimate of drug-likeness (QED) is 0.760. The van der Waals surface area contributed by atoms with Crippen molar-refractivity contribution in [3.8, 4) is 5.75 Å². The van der Waals surface area contributed by atoms with Crippen LogP contribution in [0.25, 0.3) is 0 Å². The van der Waals surface area contributed by atoms with Gasteiger partial charge in [0.15, 0.2) is 0 Å². The summed E-state index contributed by atoms with van der Waals surface area (Å²) >= 11 is 0. The molecule has 0 aliphatic rings. The molecule has 0 aromatic heterocycles. The van der Waals surface area contributed by atoms with Gasteiger partial charge >= 0.3 is 0 Å². The van der Waals surface area contributed by atoms with Gasteiger partial charge in [0.2, 0.25) is 0 Å². The minimum Gasteiger partial charge on any atom is -0.508 e. The number of unbranched alkanes of at least 4 members (excludes halogenated alkanes) is 2. The summed E-state index contributed by atoms with van der Waals surface area (Å²) in [6.07, 6.45) is 2.72. The SMILES string of the molecule is CN(CCCCCN)C(=O)c1ccc(O)cc1F. The van der Waals surface area contributed by atoms with Crippen LogP contribution in [0.3, 0.4) is 0 Å². The fourth-order valence-corrected chi connectivity index (χ4v) is 1.65. The molecule has 0 aliphatic carbocycles. The molecular weight excluding hydrogens is 235 g/mol. The summed E-state index contributed by atoms with van der Waals surface area (Å²) in [4.78, 5) is 13.4. The van der Waals surface area contributed by atoms with E-state index in [1.807, 2.05) is 0 Å². The van der Waals surface area contributed by atoms with E-state index in [4.69, 9.17) is 10.8 Å². The van der Waals surface area contributed by atoms with Gasteiger partial charge in [0.1, 0.15) is 11.6 Å². The van der Waals surface area contributed by atoms with E-state index >= 15 is 0 Å². The van der Waals surface area contributed by atoms with E-state index < -0.39 is 5.82 Å². The number of nitrogens with zero attached hydrogens (tertiary/aromatic N) is 1. The summed E-state index contributed by atoms with van der Waals surface area (Å²) < 4.78 is 13.5. The van der Waals surface area contributed by atoms with Gasteiger partial charge in [-0.3, -0.25) is 4.79 Å². The van der Waals surface area contributed by atoms with E-state index in [1.165, 1.54) is 17.0 Å². The minimum atomic E-state index is -0.700. The van der Waals surface area contributed by atoms with Gasteiger partial charge in [0.25, 0.3) is 5.91 Å². The highest BCUT2D eigenvalue weighted by Crippen LogP contribution is 2.16. The third-order valence-electron chi connectivity index (χ3n) is 2.73. The average Bonchev–Trinajstić information content (AvgIpc) is 2.33. The molecule has 0 unspecified atom stereocenters.